The molecule has 0 bridgehead atoms. The Morgan fingerprint density at radius 3 is 2.74 bits per heavy atom. The van der Waals surface area contributed by atoms with Crippen molar-refractivity contribution in [1.82, 2.24) is 28.8 Å². The number of sulfonamides is 2. The molecule has 4 heterocycles. The lowest BCUT2D eigenvalue weighted by Gasteiger charge is -2.40. The summed E-state index contributed by atoms with van der Waals surface area (Å²) in [5.74, 6) is 1.30. The van der Waals surface area contributed by atoms with Gasteiger partial charge in [0, 0.05) is 60.5 Å². The van der Waals surface area contributed by atoms with Crippen molar-refractivity contribution in [3.05, 3.63) is 45.4 Å². The molecule has 2 amide bonds. The maximum atomic E-state index is 13.7. The highest BCUT2D eigenvalue weighted by molar-refractivity contribution is 7.90. The van der Waals surface area contributed by atoms with Gasteiger partial charge in [0.1, 0.15) is 5.03 Å². The van der Waals surface area contributed by atoms with E-state index < -0.39 is 43.8 Å². The monoisotopic (exact) mass is 634 g/mol. The highest BCUT2D eigenvalue weighted by Gasteiger charge is 2.40. The van der Waals surface area contributed by atoms with Crippen LogP contribution < -0.4 is 4.72 Å². The maximum Gasteiger partial charge on any atom is 0.420 e. The highest BCUT2D eigenvalue weighted by atomic mass is 32.2. The van der Waals surface area contributed by atoms with Gasteiger partial charge in [-0.15, -0.1) is 17.8 Å². The van der Waals surface area contributed by atoms with Crippen LogP contribution in [0.4, 0.5) is 4.79 Å². The number of H-pyrrole nitrogens is 1. The summed E-state index contributed by atoms with van der Waals surface area (Å²) in [5, 5.41) is 0.732. The van der Waals surface area contributed by atoms with Crippen molar-refractivity contribution in [1.29, 1.82) is 0 Å². The van der Waals surface area contributed by atoms with Crippen LogP contribution in [0.1, 0.15) is 32.9 Å². The quantitative estimate of drug-likeness (QED) is 0.364. The average Bonchev–Trinajstić information content (AvgIpc) is 3.56. The third kappa shape index (κ3) is 6.15. The Morgan fingerprint density at radius 1 is 1.21 bits per heavy atom. The summed E-state index contributed by atoms with van der Waals surface area (Å²) in [6, 6.07) is 5.40. The van der Waals surface area contributed by atoms with Gasteiger partial charge in [-0.25, -0.2) is 31.3 Å². The van der Waals surface area contributed by atoms with Gasteiger partial charge in [0.05, 0.1) is 24.1 Å². The molecule has 1 unspecified atom stereocenters. The summed E-state index contributed by atoms with van der Waals surface area (Å²) in [4.78, 5) is 37.4. The molecule has 1 saturated heterocycles. The minimum Gasteiger partial charge on any atom is -0.449 e. The molecule has 1 aromatic carbocycles. The van der Waals surface area contributed by atoms with E-state index in [9.17, 15) is 26.4 Å². The van der Waals surface area contributed by atoms with E-state index >= 15 is 0 Å². The summed E-state index contributed by atoms with van der Waals surface area (Å²) >= 11 is 1.25. The summed E-state index contributed by atoms with van der Waals surface area (Å²) in [6.07, 6.45) is 5.00. The molecule has 1 fully saturated rings. The second-order valence-corrected chi connectivity index (χ2v) is 14.8. The molecule has 0 spiro atoms. The summed E-state index contributed by atoms with van der Waals surface area (Å²) in [6.45, 7) is 2.46. The van der Waals surface area contributed by atoms with Crippen LogP contribution in [0.25, 0.3) is 10.9 Å². The Labute approximate surface area is 247 Å². The van der Waals surface area contributed by atoms with Crippen molar-refractivity contribution in [2.45, 2.75) is 31.0 Å². The van der Waals surface area contributed by atoms with Gasteiger partial charge < -0.3 is 19.5 Å². The summed E-state index contributed by atoms with van der Waals surface area (Å²) < 4.78 is 60.9. The minimum atomic E-state index is -4.31. The van der Waals surface area contributed by atoms with Crippen molar-refractivity contribution < 1.29 is 31.2 Å². The van der Waals surface area contributed by atoms with E-state index in [4.69, 9.17) is 11.2 Å². The second kappa shape index (κ2) is 11.7. The molecule has 2 aliphatic heterocycles. The number of nitrogens with one attached hydrogen (secondary N) is 2. The zero-order valence-electron chi connectivity index (χ0n) is 23.0. The van der Waals surface area contributed by atoms with E-state index in [1.807, 2.05) is 11.8 Å². The van der Waals surface area contributed by atoms with Crippen LogP contribution in [-0.2, 0) is 37.7 Å². The van der Waals surface area contributed by atoms with Gasteiger partial charge in [0.15, 0.2) is 5.01 Å². The Balaban J connectivity index is 1.43. The second-order valence-electron chi connectivity index (χ2n) is 10.1. The molecule has 0 saturated carbocycles. The predicted molar refractivity (Wildman–Crippen MR) is 156 cm³/mol. The first-order valence-electron chi connectivity index (χ1n) is 13.1. The fourth-order valence-electron chi connectivity index (χ4n) is 5.05. The third-order valence-corrected chi connectivity index (χ3v) is 11.3. The molecule has 1 atom stereocenters. The molecule has 42 heavy (non-hydrogen) atoms. The molecular weight excluding hydrogens is 605 g/mol. The molecule has 0 aliphatic carbocycles. The molecule has 13 nitrogen and oxygen atoms in total. The Morgan fingerprint density at radius 2 is 2.00 bits per heavy atom. The van der Waals surface area contributed by atoms with Gasteiger partial charge in [-0.3, -0.25) is 4.79 Å². The fourth-order valence-corrected chi connectivity index (χ4v) is 8.86. The molecular formula is C26H30N6O7S3. The maximum absolute atomic E-state index is 13.7. The van der Waals surface area contributed by atoms with Gasteiger partial charge in [-0.1, -0.05) is 5.92 Å². The van der Waals surface area contributed by atoms with E-state index in [0.717, 1.165) is 21.4 Å². The molecule has 5 rings (SSSR count). The largest absolute Gasteiger partial charge is 0.449 e. The number of thiazole rings is 1. The van der Waals surface area contributed by atoms with E-state index in [1.54, 1.807) is 18.2 Å². The van der Waals surface area contributed by atoms with Gasteiger partial charge in [-0.05, 0) is 38.2 Å². The van der Waals surface area contributed by atoms with Gasteiger partial charge in [0.25, 0.3) is 15.9 Å². The van der Waals surface area contributed by atoms with Crippen LogP contribution in [0.3, 0.4) is 0 Å². The number of rotatable bonds is 7. The molecule has 3 aromatic rings. The first-order chi connectivity index (χ1) is 19.9. The number of hydrogen-bond donors (Lipinski definition) is 2. The number of ether oxygens (including phenoxy) is 1. The average molecular weight is 635 g/mol. The van der Waals surface area contributed by atoms with Gasteiger partial charge in [-0.2, -0.15) is 4.31 Å². The van der Waals surface area contributed by atoms with Crippen LogP contribution in [0.2, 0.25) is 0 Å². The number of aromatic amines is 1. The lowest BCUT2D eigenvalue weighted by atomic mass is 10.2. The van der Waals surface area contributed by atoms with Crippen molar-refractivity contribution in [2.75, 3.05) is 45.6 Å². The van der Waals surface area contributed by atoms with E-state index in [2.05, 4.69) is 20.8 Å². The molecule has 2 aromatic heterocycles. The Kier molecular flexibility index (Phi) is 8.32. The normalized spacial score (nSPS) is 18.4. The third-order valence-electron chi connectivity index (χ3n) is 7.12. The molecule has 0 radical (unpaired) electrons. The van der Waals surface area contributed by atoms with Crippen molar-refractivity contribution in [3.8, 4) is 12.3 Å². The number of amides is 2. The predicted octanol–water partition coefficient (Wildman–Crippen LogP) is 1.18. The number of hydrogen-bond acceptors (Lipinski definition) is 10. The van der Waals surface area contributed by atoms with Crippen molar-refractivity contribution in [3.63, 3.8) is 0 Å². The number of piperazine rings is 1. The number of terminal acetylenes is 1. The van der Waals surface area contributed by atoms with Crippen LogP contribution in [-0.4, -0.2) is 105 Å². The number of carbonyl (C=O) groups is 2. The lowest BCUT2D eigenvalue weighted by Crippen LogP contribution is -2.59. The molecule has 16 heteroatoms. The standard InChI is InChI=1S/C26H30N6O7S3/c1-4-17-6-7-20-18(12-17)13-23(27-20)42(37,38)31-10-11-32(19(14-31)16-41(35,36)29-26(34)39-5-2)25(33)24-28-21-8-9-30(3)15-22(21)40-24/h1,6-7,12-13,19,27H,5,8-11,14-16H2,2-3H3,(H,29,34). The molecule has 224 valence electrons. The van der Waals surface area contributed by atoms with Gasteiger partial charge in [0.2, 0.25) is 10.0 Å². The zero-order valence-corrected chi connectivity index (χ0v) is 25.4. The first-order valence-corrected chi connectivity index (χ1v) is 17.1. The van der Waals surface area contributed by atoms with E-state index in [-0.39, 0.29) is 36.3 Å². The lowest BCUT2D eigenvalue weighted by molar-refractivity contribution is 0.0594. The number of likely N-dealkylation sites (N-methyl/N-ethyl adjacent to an activating group) is 1. The Bertz CT molecular complexity index is 1790. The van der Waals surface area contributed by atoms with Crippen LogP contribution >= 0.6 is 11.3 Å². The fraction of sp³-hybridized carbons (Fsp3) is 0.423. The topological polar surface area (TPSA) is 162 Å². The van der Waals surface area contributed by atoms with Crippen LogP contribution in [0.15, 0.2) is 29.3 Å². The van der Waals surface area contributed by atoms with Crippen LogP contribution in [0, 0.1) is 12.3 Å². The minimum absolute atomic E-state index is 0.0430. The highest BCUT2D eigenvalue weighted by Crippen LogP contribution is 2.29. The summed E-state index contributed by atoms with van der Waals surface area (Å²) in [7, 11) is -6.46. The number of nitrogens with zero attached hydrogens (tertiary/aromatic N) is 4. The molecule has 2 aliphatic rings. The number of aromatic nitrogens is 2. The number of fused-ring (bicyclic) bond motifs is 2. The number of benzene rings is 1. The van der Waals surface area contributed by atoms with Crippen LogP contribution in [0.5, 0.6) is 0 Å². The van der Waals surface area contributed by atoms with Crippen molar-refractivity contribution >= 4 is 54.3 Å². The van der Waals surface area contributed by atoms with Gasteiger partial charge >= 0.3 is 6.09 Å². The van der Waals surface area contributed by atoms with Crippen molar-refractivity contribution in [2.24, 2.45) is 0 Å². The molecule has 2 N–H and O–H groups in total. The van der Waals surface area contributed by atoms with E-state index in [0.29, 0.717) is 29.4 Å². The first kappa shape index (κ1) is 30.0. The SMILES string of the molecule is C#Cc1ccc2[nH]c(S(=O)(=O)N3CCN(C(=O)c4nc5c(s4)CN(C)CC5)C(CS(=O)(=O)NC(=O)OCC)C3)cc2c1. The number of carbonyl (C=O) groups excluding carboxylic acids is 2. The zero-order chi connectivity index (χ0) is 30.2. The Hall–Kier alpha value is -3.49. The summed E-state index contributed by atoms with van der Waals surface area (Å²) in [5.41, 5.74) is 1.99. The smallest absolute Gasteiger partial charge is 0.420 e. The van der Waals surface area contributed by atoms with E-state index in [1.165, 1.54) is 29.2 Å².